The number of methoxy groups -OCH3 is 3. The standard InChI is InChI=1S/C6H15NO3.ClH/c1-7-5-6(8-2,9-3)10-4;/h7H,5H2,1-4H3;1H. The second-order valence-electron chi connectivity index (χ2n) is 1.91. The first kappa shape index (κ1) is 13.7. The Morgan fingerprint density at radius 3 is 1.55 bits per heavy atom. The molecule has 0 rings (SSSR count). The number of rotatable bonds is 5. The number of ether oxygens (including phenoxy) is 3. The SMILES string of the molecule is C[NH2+]CC(OC)(OC)OC.[Cl-]. The summed E-state index contributed by atoms with van der Waals surface area (Å²) in [5.74, 6) is -0.880. The van der Waals surface area contributed by atoms with Gasteiger partial charge in [0.2, 0.25) is 0 Å². The van der Waals surface area contributed by atoms with Crippen LogP contribution in [0.2, 0.25) is 0 Å². The van der Waals surface area contributed by atoms with Crippen molar-refractivity contribution >= 4 is 0 Å². The molecule has 0 atom stereocenters. The average molecular weight is 186 g/mol. The molecule has 0 aromatic carbocycles. The second kappa shape index (κ2) is 6.82. The van der Waals surface area contributed by atoms with Crippen LogP contribution in [0, 0.1) is 0 Å². The minimum absolute atomic E-state index is 0. The molecule has 0 aromatic rings. The van der Waals surface area contributed by atoms with Gasteiger partial charge in [0.1, 0.15) is 0 Å². The zero-order valence-electron chi connectivity index (χ0n) is 7.39. The molecule has 0 aliphatic heterocycles. The van der Waals surface area contributed by atoms with Crippen molar-refractivity contribution in [3.63, 3.8) is 0 Å². The first-order valence-corrected chi connectivity index (χ1v) is 3.18. The van der Waals surface area contributed by atoms with E-state index in [1.165, 1.54) is 0 Å². The van der Waals surface area contributed by atoms with E-state index < -0.39 is 5.97 Å². The van der Waals surface area contributed by atoms with Gasteiger partial charge < -0.3 is 31.9 Å². The molecule has 0 radical (unpaired) electrons. The molecule has 4 nitrogen and oxygen atoms in total. The summed E-state index contributed by atoms with van der Waals surface area (Å²) in [4.78, 5) is 0. The summed E-state index contributed by atoms with van der Waals surface area (Å²) in [6, 6.07) is 0. The van der Waals surface area contributed by atoms with Crippen LogP contribution in [0.25, 0.3) is 0 Å². The molecular formula is C6H16ClNO3. The van der Waals surface area contributed by atoms with E-state index in [0.717, 1.165) is 0 Å². The lowest BCUT2D eigenvalue weighted by atomic mass is 10.5. The number of nitrogens with two attached hydrogens (primary N) is 1. The predicted molar refractivity (Wildman–Crippen MR) is 36.5 cm³/mol. The second-order valence-corrected chi connectivity index (χ2v) is 1.91. The summed E-state index contributed by atoms with van der Waals surface area (Å²) < 4.78 is 15.0. The van der Waals surface area contributed by atoms with Crippen molar-refractivity contribution in [2.45, 2.75) is 5.97 Å². The van der Waals surface area contributed by atoms with Gasteiger partial charge in [-0.25, -0.2) is 0 Å². The average Bonchev–Trinajstić information content (AvgIpc) is 2.01. The highest BCUT2D eigenvalue weighted by atomic mass is 35.5. The minimum Gasteiger partial charge on any atom is -1.00 e. The maximum Gasteiger partial charge on any atom is 0.334 e. The van der Waals surface area contributed by atoms with Crippen molar-refractivity contribution in [3.8, 4) is 0 Å². The molecule has 0 heterocycles. The minimum atomic E-state index is -0.880. The Kier molecular flexibility index (Phi) is 8.49. The fourth-order valence-corrected chi connectivity index (χ4v) is 0.750. The fraction of sp³-hybridized carbons (Fsp3) is 1.00. The molecule has 0 aromatic heterocycles. The van der Waals surface area contributed by atoms with E-state index >= 15 is 0 Å². The van der Waals surface area contributed by atoms with E-state index in [-0.39, 0.29) is 12.4 Å². The molecule has 0 unspecified atom stereocenters. The van der Waals surface area contributed by atoms with E-state index in [2.05, 4.69) is 0 Å². The molecule has 5 heteroatoms. The van der Waals surface area contributed by atoms with Crippen molar-refractivity contribution in [2.75, 3.05) is 34.9 Å². The summed E-state index contributed by atoms with van der Waals surface area (Å²) in [7, 11) is 6.58. The molecule has 0 bridgehead atoms. The van der Waals surface area contributed by atoms with Crippen molar-refractivity contribution in [3.05, 3.63) is 0 Å². The Hall–Kier alpha value is 0.130. The van der Waals surface area contributed by atoms with Crippen molar-refractivity contribution in [1.29, 1.82) is 0 Å². The van der Waals surface area contributed by atoms with Crippen LogP contribution < -0.4 is 17.7 Å². The van der Waals surface area contributed by atoms with Crippen LogP contribution in [-0.2, 0) is 14.2 Å². The number of likely N-dealkylation sites (N-methyl/N-ethyl adjacent to an activating group) is 1. The lowest BCUT2D eigenvalue weighted by Gasteiger charge is -2.25. The number of hydrogen-bond donors (Lipinski definition) is 1. The first-order valence-electron chi connectivity index (χ1n) is 3.18. The highest BCUT2D eigenvalue weighted by Gasteiger charge is 2.30. The molecule has 0 saturated heterocycles. The molecule has 0 amide bonds. The van der Waals surface area contributed by atoms with E-state index in [1.807, 2.05) is 12.4 Å². The topological polar surface area (TPSA) is 44.3 Å². The van der Waals surface area contributed by atoms with Crippen LogP contribution in [0.1, 0.15) is 0 Å². The molecule has 11 heavy (non-hydrogen) atoms. The number of halogens is 1. The molecule has 0 fully saturated rings. The summed E-state index contributed by atoms with van der Waals surface area (Å²) in [5.41, 5.74) is 0. The third-order valence-electron chi connectivity index (χ3n) is 1.39. The highest BCUT2D eigenvalue weighted by Crippen LogP contribution is 2.07. The van der Waals surface area contributed by atoms with Crippen molar-refractivity contribution < 1.29 is 31.9 Å². The molecule has 0 aliphatic rings. The van der Waals surface area contributed by atoms with E-state index in [0.29, 0.717) is 6.54 Å². The first-order chi connectivity index (χ1) is 4.74. The summed E-state index contributed by atoms with van der Waals surface area (Å²) in [5, 5.41) is 1.93. The Morgan fingerprint density at radius 1 is 1.09 bits per heavy atom. The smallest absolute Gasteiger partial charge is 0.334 e. The molecule has 0 aliphatic carbocycles. The predicted octanol–water partition coefficient (Wildman–Crippen LogP) is -4.22. The monoisotopic (exact) mass is 185 g/mol. The van der Waals surface area contributed by atoms with Crippen LogP contribution in [-0.4, -0.2) is 40.9 Å². The van der Waals surface area contributed by atoms with E-state index in [1.54, 1.807) is 21.3 Å². The van der Waals surface area contributed by atoms with E-state index in [9.17, 15) is 0 Å². The molecule has 70 valence electrons. The summed E-state index contributed by atoms with van der Waals surface area (Å²) in [6.45, 7) is 0.622. The van der Waals surface area contributed by atoms with Gasteiger partial charge in [0.05, 0.1) is 7.05 Å². The normalized spacial score (nSPS) is 10.9. The lowest BCUT2D eigenvalue weighted by molar-refractivity contribution is -0.666. The Labute approximate surface area is 73.6 Å². The van der Waals surface area contributed by atoms with Crippen LogP contribution in [0.5, 0.6) is 0 Å². The van der Waals surface area contributed by atoms with Crippen molar-refractivity contribution in [2.24, 2.45) is 0 Å². The van der Waals surface area contributed by atoms with Crippen LogP contribution in [0.3, 0.4) is 0 Å². The van der Waals surface area contributed by atoms with Crippen LogP contribution in [0.4, 0.5) is 0 Å². The van der Waals surface area contributed by atoms with Gasteiger partial charge in [-0.1, -0.05) is 0 Å². The van der Waals surface area contributed by atoms with Gasteiger partial charge in [-0.15, -0.1) is 0 Å². The maximum absolute atomic E-state index is 5.00. The molecule has 2 N–H and O–H groups in total. The maximum atomic E-state index is 5.00. The molecule has 0 saturated carbocycles. The molecule has 0 spiro atoms. The van der Waals surface area contributed by atoms with Gasteiger partial charge in [-0.3, -0.25) is 0 Å². The molecular weight excluding hydrogens is 170 g/mol. The van der Waals surface area contributed by atoms with Crippen LogP contribution in [0.15, 0.2) is 0 Å². The van der Waals surface area contributed by atoms with Gasteiger partial charge >= 0.3 is 5.97 Å². The van der Waals surface area contributed by atoms with Gasteiger partial charge in [-0.2, -0.15) is 0 Å². The fourth-order valence-electron chi connectivity index (χ4n) is 0.750. The van der Waals surface area contributed by atoms with Crippen LogP contribution >= 0.6 is 0 Å². The summed E-state index contributed by atoms with van der Waals surface area (Å²) in [6.07, 6.45) is 0. The highest BCUT2D eigenvalue weighted by molar-refractivity contribution is 4.48. The lowest BCUT2D eigenvalue weighted by Crippen LogP contribution is -3.00. The Balaban J connectivity index is 0. The zero-order chi connectivity index (χ0) is 8.04. The quantitative estimate of drug-likeness (QED) is 0.442. The summed E-state index contributed by atoms with van der Waals surface area (Å²) >= 11 is 0. The van der Waals surface area contributed by atoms with Gasteiger partial charge in [0, 0.05) is 21.3 Å². The van der Waals surface area contributed by atoms with Gasteiger partial charge in [0.25, 0.3) is 0 Å². The third-order valence-corrected chi connectivity index (χ3v) is 1.39. The number of hydrogen-bond acceptors (Lipinski definition) is 3. The van der Waals surface area contributed by atoms with Gasteiger partial charge in [0.15, 0.2) is 6.54 Å². The van der Waals surface area contributed by atoms with E-state index in [4.69, 9.17) is 14.2 Å². The van der Waals surface area contributed by atoms with Crippen molar-refractivity contribution in [1.82, 2.24) is 0 Å². The Morgan fingerprint density at radius 2 is 1.45 bits per heavy atom. The van der Waals surface area contributed by atoms with Gasteiger partial charge in [-0.05, 0) is 0 Å². The zero-order valence-corrected chi connectivity index (χ0v) is 8.14. The third kappa shape index (κ3) is 3.88. The number of quaternary nitrogens is 1. The Bertz CT molecular complexity index is 79.6. The largest absolute Gasteiger partial charge is 1.00 e.